The van der Waals surface area contributed by atoms with Crippen LogP contribution in [0.4, 0.5) is 0 Å². The van der Waals surface area contributed by atoms with E-state index in [2.05, 4.69) is 5.32 Å². The van der Waals surface area contributed by atoms with Crippen molar-refractivity contribution in [2.24, 2.45) is 0 Å². The van der Waals surface area contributed by atoms with Gasteiger partial charge in [-0.1, -0.05) is 60.7 Å². The second kappa shape index (κ2) is 7.50. The number of amides is 2. The first-order chi connectivity index (χ1) is 13.2. The largest absolute Gasteiger partial charge is 0.350 e. The molecule has 1 N–H and O–H groups in total. The Labute approximate surface area is 158 Å². The molecule has 27 heavy (non-hydrogen) atoms. The van der Waals surface area contributed by atoms with Crippen LogP contribution < -0.4 is 5.32 Å². The fourth-order valence-electron chi connectivity index (χ4n) is 3.43. The van der Waals surface area contributed by atoms with Crippen molar-refractivity contribution in [2.45, 2.75) is 25.7 Å². The van der Waals surface area contributed by atoms with Crippen LogP contribution in [0.3, 0.4) is 0 Å². The Morgan fingerprint density at radius 3 is 2.30 bits per heavy atom. The molecule has 1 atom stereocenters. The van der Waals surface area contributed by atoms with Crippen molar-refractivity contribution in [2.75, 3.05) is 0 Å². The summed E-state index contributed by atoms with van der Waals surface area (Å²) in [7, 11) is 0. The van der Waals surface area contributed by atoms with Crippen LogP contribution in [0.2, 0.25) is 0 Å². The van der Waals surface area contributed by atoms with Gasteiger partial charge in [-0.3, -0.25) is 9.59 Å². The van der Waals surface area contributed by atoms with E-state index < -0.39 is 6.04 Å². The number of rotatable bonds is 5. The van der Waals surface area contributed by atoms with Crippen LogP contribution in [0.25, 0.3) is 0 Å². The van der Waals surface area contributed by atoms with Crippen LogP contribution in [-0.4, -0.2) is 27.3 Å². The predicted molar refractivity (Wildman–Crippen MR) is 103 cm³/mol. The van der Waals surface area contributed by atoms with Crippen LogP contribution in [0, 0.1) is 0 Å². The highest BCUT2D eigenvalue weighted by atomic mass is 16.2. The predicted octanol–water partition coefficient (Wildman–Crippen LogP) is 2.83. The molecule has 5 heteroatoms. The van der Waals surface area contributed by atoms with Crippen molar-refractivity contribution >= 4 is 11.8 Å². The van der Waals surface area contributed by atoms with E-state index in [-0.39, 0.29) is 11.8 Å². The highest BCUT2D eigenvalue weighted by Gasteiger charge is 2.36. The first kappa shape index (κ1) is 17.1. The topological polar surface area (TPSA) is 54.3 Å². The molecule has 0 saturated carbocycles. The molecule has 1 aliphatic heterocycles. The highest BCUT2D eigenvalue weighted by molar-refractivity contribution is 5.97. The number of hydrogen-bond acceptors (Lipinski definition) is 2. The molecule has 2 amide bonds. The molecule has 0 fully saturated rings. The van der Waals surface area contributed by atoms with Crippen LogP contribution in [0.5, 0.6) is 0 Å². The zero-order valence-electron chi connectivity index (χ0n) is 14.9. The fourth-order valence-corrected chi connectivity index (χ4v) is 3.43. The van der Waals surface area contributed by atoms with Gasteiger partial charge in [-0.2, -0.15) is 0 Å². The minimum atomic E-state index is -0.540. The molecule has 5 nitrogen and oxygen atoms in total. The number of benzene rings is 2. The Bertz CT molecular complexity index is 934. The molecule has 4 rings (SSSR count). The first-order valence-corrected chi connectivity index (χ1v) is 9.04. The van der Waals surface area contributed by atoms with Crippen LogP contribution in [-0.2, 0) is 24.4 Å². The highest BCUT2D eigenvalue weighted by Crippen LogP contribution is 2.21. The van der Waals surface area contributed by atoms with Crippen molar-refractivity contribution in [3.8, 4) is 0 Å². The van der Waals surface area contributed by atoms with Gasteiger partial charge in [0.25, 0.3) is 5.91 Å². The molecule has 1 aliphatic rings. The molecule has 1 unspecified atom stereocenters. The second-order valence-corrected chi connectivity index (χ2v) is 6.68. The molecule has 2 aromatic carbocycles. The molecule has 0 saturated heterocycles. The third-order valence-corrected chi connectivity index (χ3v) is 4.86. The maximum atomic E-state index is 13.0. The maximum absolute atomic E-state index is 13.0. The van der Waals surface area contributed by atoms with E-state index in [4.69, 9.17) is 0 Å². The van der Waals surface area contributed by atoms with E-state index >= 15 is 0 Å². The lowest BCUT2D eigenvalue weighted by Crippen LogP contribution is -2.54. The van der Waals surface area contributed by atoms with Crippen molar-refractivity contribution in [1.29, 1.82) is 0 Å². The molecule has 0 bridgehead atoms. The first-order valence-electron chi connectivity index (χ1n) is 9.04. The zero-order valence-corrected chi connectivity index (χ0v) is 14.9. The number of carbonyl (C=O) groups excluding carboxylic acids is 2. The van der Waals surface area contributed by atoms with Gasteiger partial charge in [0.2, 0.25) is 5.91 Å². The van der Waals surface area contributed by atoms with E-state index in [1.807, 2.05) is 77.5 Å². The smallest absolute Gasteiger partial charge is 0.271 e. The van der Waals surface area contributed by atoms with Crippen LogP contribution >= 0.6 is 0 Å². The summed E-state index contributed by atoms with van der Waals surface area (Å²) in [6.45, 7) is 1.32. The number of aromatic nitrogens is 1. The molecule has 136 valence electrons. The van der Waals surface area contributed by atoms with Gasteiger partial charge in [0, 0.05) is 19.3 Å². The average Bonchev–Trinajstić information content (AvgIpc) is 3.19. The quantitative estimate of drug-likeness (QED) is 0.762. The summed E-state index contributed by atoms with van der Waals surface area (Å²) in [6, 6.07) is 22.7. The Balaban J connectivity index is 1.55. The van der Waals surface area contributed by atoms with Crippen LogP contribution in [0.15, 0.2) is 79.0 Å². The summed E-state index contributed by atoms with van der Waals surface area (Å²) < 4.78 is 1.86. The molecule has 2 heterocycles. The third-order valence-electron chi connectivity index (χ3n) is 4.86. The van der Waals surface area contributed by atoms with Gasteiger partial charge in [0.15, 0.2) is 0 Å². The third kappa shape index (κ3) is 3.62. The molecule has 0 radical (unpaired) electrons. The molecule has 0 aliphatic carbocycles. The van der Waals surface area contributed by atoms with Gasteiger partial charge in [-0.05, 0) is 23.3 Å². The van der Waals surface area contributed by atoms with Crippen LogP contribution in [0.1, 0.15) is 21.6 Å². The summed E-state index contributed by atoms with van der Waals surface area (Å²) in [6.07, 6.45) is 1.85. The number of nitrogens with zero attached hydrogens (tertiary/aromatic N) is 2. The standard InChI is InChI=1S/C22H21N3O2/c26-21(23-14-17-8-3-1-4-9-17)20-16-24-13-7-12-19(24)22(27)25(20)15-18-10-5-2-6-11-18/h1-13,20H,14-16H2,(H,23,26). The van der Waals surface area contributed by atoms with Crippen molar-refractivity contribution < 1.29 is 9.59 Å². The monoisotopic (exact) mass is 359 g/mol. The summed E-state index contributed by atoms with van der Waals surface area (Å²) in [5, 5.41) is 2.98. The lowest BCUT2D eigenvalue weighted by atomic mass is 10.1. The van der Waals surface area contributed by atoms with Gasteiger partial charge in [0.05, 0.1) is 6.54 Å². The van der Waals surface area contributed by atoms with Gasteiger partial charge in [-0.25, -0.2) is 0 Å². The lowest BCUT2D eigenvalue weighted by Gasteiger charge is -2.35. The number of hydrogen-bond donors (Lipinski definition) is 1. The minimum Gasteiger partial charge on any atom is -0.350 e. The molecule has 1 aromatic heterocycles. The Morgan fingerprint density at radius 1 is 0.926 bits per heavy atom. The Morgan fingerprint density at radius 2 is 1.59 bits per heavy atom. The molecule has 3 aromatic rings. The molecular weight excluding hydrogens is 338 g/mol. The van der Waals surface area contributed by atoms with E-state index in [0.717, 1.165) is 11.1 Å². The summed E-state index contributed by atoms with van der Waals surface area (Å²) in [5.41, 5.74) is 2.66. The van der Waals surface area contributed by atoms with Gasteiger partial charge in [0.1, 0.15) is 11.7 Å². The summed E-state index contributed by atoms with van der Waals surface area (Å²) in [5.74, 6) is -0.252. The molecular formula is C22H21N3O2. The van der Waals surface area contributed by atoms with E-state index in [1.54, 1.807) is 11.0 Å². The maximum Gasteiger partial charge on any atom is 0.271 e. The number of nitrogens with one attached hydrogen (secondary N) is 1. The average molecular weight is 359 g/mol. The van der Waals surface area contributed by atoms with Gasteiger partial charge in [-0.15, -0.1) is 0 Å². The lowest BCUT2D eigenvalue weighted by molar-refractivity contribution is -0.126. The SMILES string of the molecule is O=C(NCc1ccccc1)C1Cn2cccc2C(=O)N1Cc1ccccc1. The Kier molecular flexibility index (Phi) is 4.75. The molecule has 0 spiro atoms. The van der Waals surface area contributed by atoms with Gasteiger partial charge >= 0.3 is 0 Å². The number of carbonyl (C=O) groups is 2. The fraction of sp³-hybridized carbons (Fsp3) is 0.182. The van der Waals surface area contributed by atoms with E-state index in [1.165, 1.54) is 0 Å². The number of fused-ring (bicyclic) bond motifs is 1. The summed E-state index contributed by atoms with van der Waals surface area (Å²) >= 11 is 0. The van der Waals surface area contributed by atoms with E-state index in [9.17, 15) is 9.59 Å². The van der Waals surface area contributed by atoms with Crippen molar-refractivity contribution in [3.05, 3.63) is 95.8 Å². The van der Waals surface area contributed by atoms with Crippen molar-refractivity contribution in [1.82, 2.24) is 14.8 Å². The van der Waals surface area contributed by atoms with Gasteiger partial charge < -0.3 is 14.8 Å². The van der Waals surface area contributed by atoms with Crippen molar-refractivity contribution in [3.63, 3.8) is 0 Å². The summed E-state index contributed by atoms with van der Waals surface area (Å²) in [4.78, 5) is 27.6. The minimum absolute atomic E-state index is 0.116. The van der Waals surface area contributed by atoms with E-state index in [0.29, 0.717) is 25.3 Å². The Hall–Kier alpha value is -3.34. The normalized spacial score (nSPS) is 16.1. The second-order valence-electron chi connectivity index (χ2n) is 6.68. The zero-order chi connectivity index (χ0) is 18.6.